The Morgan fingerprint density at radius 3 is 2.50 bits per heavy atom. The van der Waals surface area contributed by atoms with Gasteiger partial charge in [-0.25, -0.2) is 14.2 Å². The summed E-state index contributed by atoms with van der Waals surface area (Å²) in [6.07, 6.45) is 2.28. The van der Waals surface area contributed by atoms with Crippen LogP contribution in [0.15, 0.2) is 52.2 Å². The molecule has 0 N–H and O–H groups in total. The topological polar surface area (TPSA) is 80.4 Å². The fourth-order valence-corrected chi connectivity index (χ4v) is 5.55. The lowest BCUT2D eigenvalue weighted by molar-refractivity contribution is -0.132. The molecule has 0 unspecified atom stereocenters. The minimum atomic E-state index is -0.471. The average Bonchev–Trinajstić information content (AvgIpc) is 3.25. The summed E-state index contributed by atoms with van der Waals surface area (Å²) in [6.45, 7) is 4.27. The van der Waals surface area contributed by atoms with Gasteiger partial charge in [0, 0.05) is 50.0 Å². The van der Waals surface area contributed by atoms with Crippen LogP contribution in [0.3, 0.4) is 0 Å². The number of hydrogen-bond acceptors (Lipinski definition) is 6. The van der Waals surface area contributed by atoms with Crippen molar-refractivity contribution in [3.05, 3.63) is 69.3 Å². The Hall–Kier alpha value is -3.53. The summed E-state index contributed by atoms with van der Waals surface area (Å²) >= 11 is 1.25. The summed E-state index contributed by atoms with van der Waals surface area (Å²) in [5.74, 6) is -0.457. The Morgan fingerprint density at radius 1 is 1.06 bits per heavy atom. The Bertz CT molecular complexity index is 1480. The molecule has 0 bridgehead atoms. The number of amides is 1. The van der Waals surface area contributed by atoms with E-state index in [4.69, 9.17) is 0 Å². The highest BCUT2D eigenvalue weighted by Gasteiger charge is 2.25. The number of piperazine rings is 1. The minimum absolute atomic E-state index is 0.142. The highest BCUT2D eigenvalue weighted by molar-refractivity contribution is 7.25. The maximum Gasteiger partial charge on any atom is 0.332 e. The molecule has 0 spiro atoms. The van der Waals surface area contributed by atoms with Crippen LogP contribution in [0.1, 0.15) is 13.3 Å². The molecule has 4 aromatic rings. The van der Waals surface area contributed by atoms with Gasteiger partial charge < -0.3 is 9.80 Å². The Morgan fingerprint density at radius 2 is 1.79 bits per heavy atom. The molecule has 34 heavy (non-hydrogen) atoms. The highest BCUT2D eigenvalue weighted by atomic mass is 32.1. The van der Waals surface area contributed by atoms with E-state index in [9.17, 15) is 18.8 Å². The quantitative estimate of drug-likeness (QED) is 0.438. The molecule has 3 aromatic heterocycles. The number of anilines is 1. The van der Waals surface area contributed by atoms with E-state index in [0.717, 1.165) is 5.69 Å². The zero-order valence-electron chi connectivity index (χ0n) is 18.7. The van der Waals surface area contributed by atoms with E-state index in [1.165, 1.54) is 32.6 Å². The molecule has 1 fully saturated rings. The Kier molecular flexibility index (Phi) is 5.91. The second-order valence-electron chi connectivity index (χ2n) is 8.31. The van der Waals surface area contributed by atoms with Gasteiger partial charge in [-0.15, -0.1) is 11.3 Å². The smallest absolute Gasteiger partial charge is 0.332 e. The summed E-state index contributed by atoms with van der Waals surface area (Å²) in [6, 6.07) is 9.90. The van der Waals surface area contributed by atoms with Gasteiger partial charge in [-0.2, -0.15) is 0 Å². The third-order valence-electron chi connectivity index (χ3n) is 6.18. The molecule has 1 aromatic carbocycles. The maximum atomic E-state index is 13.3. The Balaban J connectivity index is 1.45. The van der Waals surface area contributed by atoms with Crippen LogP contribution in [0, 0.1) is 5.82 Å². The summed E-state index contributed by atoms with van der Waals surface area (Å²) < 4.78 is 16.3. The normalized spacial score (nSPS) is 14.3. The van der Waals surface area contributed by atoms with E-state index >= 15 is 0 Å². The second-order valence-corrected chi connectivity index (χ2v) is 9.30. The molecule has 1 saturated heterocycles. The van der Waals surface area contributed by atoms with Crippen molar-refractivity contribution >= 4 is 43.4 Å². The molecule has 1 amide bonds. The van der Waals surface area contributed by atoms with E-state index in [2.05, 4.69) is 9.88 Å². The third kappa shape index (κ3) is 3.87. The second kappa shape index (κ2) is 9.02. The van der Waals surface area contributed by atoms with Crippen LogP contribution in [0.4, 0.5) is 10.1 Å². The number of nitrogens with zero attached hydrogens (tertiary/aromatic N) is 5. The lowest BCUT2D eigenvalue weighted by Crippen LogP contribution is -2.50. The molecule has 5 rings (SSSR count). The van der Waals surface area contributed by atoms with Gasteiger partial charge in [-0.05, 0) is 42.8 Å². The van der Waals surface area contributed by atoms with E-state index in [-0.39, 0.29) is 23.8 Å². The third-order valence-corrected chi connectivity index (χ3v) is 7.27. The highest BCUT2D eigenvalue weighted by Crippen LogP contribution is 2.29. The lowest BCUT2D eigenvalue weighted by Gasteiger charge is -2.36. The van der Waals surface area contributed by atoms with E-state index in [0.29, 0.717) is 59.6 Å². The molecule has 0 radical (unpaired) electrons. The largest absolute Gasteiger partial charge is 0.368 e. The zero-order chi connectivity index (χ0) is 23.8. The molecular formula is C24H24FN5O3S. The summed E-state index contributed by atoms with van der Waals surface area (Å²) in [7, 11) is 0. The van der Waals surface area contributed by atoms with Gasteiger partial charge in [0.2, 0.25) is 5.91 Å². The average molecular weight is 482 g/mol. The molecule has 0 saturated carbocycles. The van der Waals surface area contributed by atoms with Crippen LogP contribution in [0.25, 0.3) is 20.4 Å². The van der Waals surface area contributed by atoms with Crippen LogP contribution < -0.4 is 16.1 Å². The maximum absolute atomic E-state index is 13.3. The van der Waals surface area contributed by atoms with E-state index < -0.39 is 5.69 Å². The summed E-state index contributed by atoms with van der Waals surface area (Å²) in [5.41, 5.74) is 0.590. The first kappa shape index (κ1) is 22.3. The number of carbonyl (C=O) groups is 1. The number of rotatable bonds is 5. The Labute approximate surface area is 198 Å². The number of fused-ring (bicyclic) bond motifs is 3. The number of pyridine rings is 1. The van der Waals surface area contributed by atoms with Crippen LogP contribution in [0.5, 0.6) is 0 Å². The first-order valence-corrected chi connectivity index (χ1v) is 12.1. The zero-order valence-corrected chi connectivity index (χ0v) is 19.6. The first-order valence-electron chi connectivity index (χ1n) is 11.3. The molecule has 1 aliphatic heterocycles. The van der Waals surface area contributed by atoms with Crippen molar-refractivity contribution < 1.29 is 9.18 Å². The van der Waals surface area contributed by atoms with Gasteiger partial charge in [0.05, 0.1) is 5.52 Å². The van der Waals surface area contributed by atoms with E-state index in [1.807, 2.05) is 13.0 Å². The molecule has 0 atom stereocenters. The number of carbonyl (C=O) groups excluding carboxylic acids is 1. The predicted molar refractivity (Wildman–Crippen MR) is 131 cm³/mol. The van der Waals surface area contributed by atoms with Crippen LogP contribution >= 0.6 is 11.3 Å². The SMILES string of the molecule is CCCn1c(=O)c2sc3ncccc3c2n(CC(=O)N2CCN(c3ccc(F)cc3)CC2)c1=O. The summed E-state index contributed by atoms with van der Waals surface area (Å²) in [5, 5.41) is 0.703. The van der Waals surface area contributed by atoms with Gasteiger partial charge in [0.15, 0.2) is 0 Å². The standard InChI is InChI=1S/C24H24FN5O3S/c1-2-10-29-23(32)21-20(18-4-3-9-26-22(18)34-21)30(24(29)33)15-19(31)28-13-11-27(12-14-28)17-7-5-16(25)6-8-17/h3-9H,2,10-15H2,1H3. The monoisotopic (exact) mass is 481 g/mol. The number of benzene rings is 1. The fraction of sp³-hybridized carbons (Fsp3) is 0.333. The number of aromatic nitrogens is 3. The van der Waals surface area contributed by atoms with Crippen molar-refractivity contribution in [1.82, 2.24) is 19.0 Å². The van der Waals surface area contributed by atoms with Crippen molar-refractivity contribution in [2.75, 3.05) is 31.1 Å². The van der Waals surface area contributed by atoms with Crippen molar-refractivity contribution in [3.8, 4) is 0 Å². The lowest BCUT2D eigenvalue weighted by atomic mass is 10.2. The van der Waals surface area contributed by atoms with Gasteiger partial charge in [0.25, 0.3) is 5.56 Å². The number of thiophene rings is 1. The molecule has 10 heteroatoms. The number of hydrogen-bond donors (Lipinski definition) is 0. The van der Waals surface area contributed by atoms with Gasteiger partial charge >= 0.3 is 5.69 Å². The van der Waals surface area contributed by atoms with Crippen LogP contribution in [-0.4, -0.2) is 51.1 Å². The van der Waals surface area contributed by atoms with Crippen molar-refractivity contribution in [1.29, 1.82) is 0 Å². The minimum Gasteiger partial charge on any atom is -0.368 e. The summed E-state index contributed by atoms with van der Waals surface area (Å²) in [4.78, 5) is 48.5. The first-order chi connectivity index (χ1) is 16.5. The molecule has 0 aliphatic carbocycles. The van der Waals surface area contributed by atoms with Crippen molar-refractivity contribution in [2.45, 2.75) is 26.4 Å². The van der Waals surface area contributed by atoms with Crippen LogP contribution in [-0.2, 0) is 17.9 Å². The van der Waals surface area contributed by atoms with E-state index in [1.54, 1.807) is 29.3 Å². The number of halogens is 1. The van der Waals surface area contributed by atoms with Crippen molar-refractivity contribution in [2.24, 2.45) is 0 Å². The van der Waals surface area contributed by atoms with Gasteiger partial charge in [-0.3, -0.25) is 18.7 Å². The molecule has 1 aliphatic rings. The predicted octanol–water partition coefficient (Wildman–Crippen LogP) is 2.67. The molecule has 4 heterocycles. The molecule has 176 valence electrons. The van der Waals surface area contributed by atoms with Gasteiger partial charge in [0.1, 0.15) is 21.9 Å². The van der Waals surface area contributed by atoms with Crippen molar-refractivity contribution in [3.63, 3.8) is 0 Å². The fourth-order valence-electron chi connectivity index (χ4n) is 4.45. The molecular weight excluding hydrogens is 457 g/mol. The van der Waals surface area contributed by atoms with Gasteiger partial charge in [-0.1, -0.05) is 6.92 Å². The van der Waals surface area contributed by atoms with Crippen LogP contribution in [0.2, 0.25) is 0 Å². The molecule has 8 nitrogen and oxygen atoms in total.